The molecule has 31 heavy (non-hydrogen) atoms. The van der Waals surface area contributed by atoms with Crippen LogP contribution in [0.15, 0.2) is 67.2 Å². The molecule has 4 rings (SSSR count). The summed E-state index contributed by atoms with van der Waals surface area (Å²) in [5.74, 6) is 2.34. The monoisotopic (exact) mass is 416 g/mol. The van der Waals surface area contributed by atoms with E-state index in [1.165, 1.54) is 6.33 Å². The van der Waals surface area contributed by atoms with Gasteiger partial charge in [-0.1, -0.05) is 31.7 Å². The van der Waals surface area contributed by atoms with Crippen LogP contribution in [-0.2, 0) is 6.54 Å². The standard InChI is InChI=1S/C14H13N5O2.C9H11N/c1-2-11-12(21-4-3-20-11)5-9(1)6-15-13-10-7-18-19-14(10)17-8-16-13;1-3-5-7-9(8-10)6-4-2/h1-2,5,7-8H,3-4,6H2,(H2,15,16,17,18,19);4-7H,2-3H2,1H3/b;7-5-,9-6+. The largest absolute Gasteiger partial charge is 0.486 e. The van der Waals surface area contributed by atoms with Crippen LogP contribution >= 0.6 is 0 Å². The number of hydrogen-bond donors (Lipinski definition) is 2. The Morgan fingerprint density at radius 1 is 1.29 bits per heavy atom. The normalized spacial score (nSPS) is 12.7. The van der Waals surface area contributed by atoms with Gasteiger partial charge in [0.25, 0.3) is 0 Å². The zero-order valence-corrected chi connectivity index (χ0v) is 17.3. The molecule has 1 aromatic carbocycles. The number of rotatable bonds is 6. The maximum Gasteiger partial charge on any atom is 0.161 e. The van der Waals surface area contributed by atoms with Crippen molar-refractivity contribution in [1.82, 2.24) is 20.2 Å². The zero-order chi connectivity index (χ0) is 21.9. The molecule has 0 bridgehead atoms. The van der Waals surface area contributed by atoms with E-state index in [0.29, 0.717) is 25.3 Å². The lowest BCUT2D eigenvalue weighted by atomic mass is 10.2. The van der Waals surface area contributed by atoms with Gasteiger partial charge >= 0.3 is 0 Å². The Hall–Kier alpha value is -4.12. The molecule has 8 heteroatoms. The van der Waals surface area contributed by atoms with Gasteiger partial charge in [0.15, 0.2) is 17.1 Å². The van der Waals surface area contributed by atoms with E-state index in [1.54, 1.807) is 24.4 Å². The number of ether oxygens (including phenoxy) is 2. The summed E-state index contributed by atoms with van der Waals surface area (Å²) in [7, 11) is 0. The summed E-state index contributed by atoms with van der Waals surface area (Å²) in [6.45, 7) is 7.35. The van der Waals surface area contributed by atoms with Crippen molar-refractivity contribution in [3.8, 4) is 17.6 Å². The number of anilines is 1. The molecule has 0 atom stereocenters. The SMILES string of the molecule is C=C/C=C(C#N)\C=C/CC.c1nc(NCc2ccc3c(c2)OCCO3)c2cn[nH]c2n1. The number of nitriles is 1. The molecule has 0 fully saturated rings. The first kappa shape index (κ1) is 21.6. The smallest absolute Gasteiger partial charge is 0.161 e. The summed E-state index contributed by atoms with van der Waals surface area (Å²) in [5, 5.41) is 19.4. The third kappa shape index (κ3) is 5.93. The van der Waals surface area contributed by atoms with Crippen molar-refractivity contribution >= 4 is 16.9 Å². The lowest BCUT2D eigenvalue weighted by Crippen LogP contribution is -2.15. The summed E-state index contributed by atoms with van der Waals surface area (Å²) in [6, 6.07) is 7.96. The summed E-state index contributed by atoms with van der Waals surface area (Å²) < 4.78 is 11.1. The molecule has 0 unspecified atom stereocenters. The molecule has 158 valence electrons. The first-order valence-electron chi connectivity index (χ1n) is 9.91. The molecule has 1 aliphatic heterocycles. The molecule has 2 aromatic heterocycles. The van der Waals surface area contributed by atoms with Gasteiger partial charge in [-0.25, -0.2) is 9.97 Å². The highest BCUT2D eigenvalue weighted by atomic mass is 16.6. The van der Waals surface area contributed by atoms with Crippen molar-refractivity contribution in [3.63, 3.8) is 0 Å². The van der Waals surface area contributed by atoms with Crippen molar-refractivity contribution < 1.29 is 9.47 Å². The molecule has 0 aliphatic carbocycles. The lowest BCUT2D eigenvalue weighted by molar-refractivity contribution is 0.171. The highest BCUT2D eigenvalue weighted by molar-refractivity contribution is 5.85. The third-order valence-electron chi connectivity index (χ3n) is 4.27. The minimum absolute atomic E-state index is 0.589. The van der Waals surface area contributed by atoms with Gasteiger partial charge in [0.05, 0.1) is 23.2 Å². The molecule has 1 aliphatic rings. The molecular weight excluding hydrogens is 392 g/mol. The summed E-state index contributed by atoms with van der Waals surface area (Å²) in [6.07, 6.45) is 11.2. The van der Waals surface area contributed by atoms with E-state index in [4.69, 9.17) is 14.7 Å². The molecule has 8 nitrogen and oxygen atoms in total. The van der Waals surface area contributed by atoms with Crippen LogP contribution in [0.4, 0.5) is 5.82 Å². The van der Waals surface area contributed by atoms with Gasteiger partial charge in [-0.15, -0.1) is 0 Å². The van der Waals surface area contributed by atoms with Gasteiger partial charge in [-0.2, -0.15) is 10.4 Å². The van der Waals surface area contributed by atoms with Crippen LogP contribution in [0, 0.1) is 11.3 Å². The highest BCUT2D eigenvalue weighted by Crippen LogP contribution is 2.31. The van der Waals surface area contributed by atoms with E-state index >= 15 is 0 Å². The first-order chi connectivity index (χ1) is 15.2. The maximum atomic E-state index is 8.47. The van der Waals surface area contributed by atoms with E-state index < -0.39 is 0 Å². The van der Waals surface area contributed by atoms with Crippen molar-refractivity contribution in [3.05, 3.63) is 72.7 Å². The average molecular weight is 416 g/mol. The van der Waals surface area contributed by atoms with E-state index in [2.05, 4.69) is 32.1 Å². The van der Waals surface area contributed by atoms with Crippen LogP contribution in [0.25, 0.3) is 11.0 Å². The van der Waals surface area contributed by atoms with Crippen LogP contribution in [-0.4, -0.2) is 33.4 Å². The number of H-pyrrole nitrogens is 1. The Morgan fingerprint density at radius 3 is 2.90 bits per heavy atom. The van der Waals surface area contributed by atoms with Gasteiger partial charge in [0, 0.05) is 6.54 Å². The number of aromatic nitrogens is 4. The predicted molar refractivity (Wildman–Crippen MR) is 120 cm³/mol. The number of nitrogens with zero attached hydrogens (tertiary/aromatic N) is 4. The van der Waals surface area contributed by atoms with Crippen molar-refractivity contribution in [2.75, 3.05) is 18.5 Å². The van der Waals surface area contributed by atoms with Gasteiger partial charge in [0.1, 0.15) is 25.4 Å². The van der Waals surface area contributed by atoms with E-state index in [-0.39, 0.29) is 0 Å². The Balaban J connectivity index is 0.000000233. The van der Waals surface area contributed by atoms with E-state index in [1.807, 2.05) is 37.3 Å². The maximum absolute atomic E-state index is 8.47. The first-order valence-corrected chi connectivity index (χ1v) is 9.91. The topological polar surface area (TPSA) is 109 Å². The molecule has 0 amide bonds. The fourth-order valence-corrected chi connectivity index (χ4v) is 2.79. The van der Waals surface area contributed by atoms with Crippen molar-refractivity contribution in [2.24, 2.45) is 0 Å². The Morgan fingerprint density at radius 2 is 2.13 bits per heavy atom. The Kier molecular flexibility index (Phi) is 7.77. The Bertz CT molecular complexity index is 1130. The van der Waals surface area contributed by atoms with E-state index in [9.17, 15) is 0 Å². The van der Waals surface area contributed by atoms with Gasteiger partial charge in [-0.3, -0.25) is 5.10 Å². The quantitative estimate of drug-likeness (QED) is 0.455. The second kappa shape index (κ2) is 11.2. The molecule has 2 N–H and O–H groups in total. The summed E-state index contributed by atoms with van der Waals surface area (Å²) in [5.41, 5.74) is 2.46. The average Bonchev–Trinajstić information content (AvgIpc) is 3.30. The van der Waals surface area contributed by atoms with Crippen LogP contribution in [0.1, 0.15) is 18.9 Å². The summed E-state index contributed by atoms with van der Waals surface area (Å²) >= 11 is 0. The second-order valence-corrected chi connectivity index (χ2v) is 6.47. The van der Waals surface area contributed by atoms with Crippen LogP contribution in [0.2, 0.25) is 0 Å². The highest BCUT2D eigenvalue weighted by Gasteiger charge is 2.12. The van der Waals surface area contributed by atoms with Gasteiger partial charge in [0.2, 0.25) is 0 Å². The van der Waals surface area contributed by atoms with Gasteiger partial charge in [-0.05, 0) is 36.3 Å². The second-order valence-electron chi connectivity index (χ2n) is 6.47. The predicted octanol–water partition coefficient (Wildman–Crippen LogP) is 4.32. The minimum Gasteiger partial charge on any atom is -0.486 e. The van der Waals surface area contributed by atoms with E-state index in [0.717, 1.165) is 40.3 Å². The molecular formula is C23H24N6O2. The lowest BCUT2D eigenvalue weighted by Gasteiger charge is -2.19. The molecule has 0 saturated carbocycles. The molecule has 3 aromatic rings. The zero-order valence-electron chi connectivity index (χ0n) is 17.3. The molecule has 0 spiro atoms. The minimum atomic E-state index is 0.589. The van der Waals surface area contributed by atoms with Crippen LogP contribution in [0.5, 0.6) is 11.5 Å². The van der Waals surface area contributed by atoms with Crippen LogP contribution in [0.3, 0.4) is 0 Å². The number of aromatic amines is 1. The molecule has 3 heterocycles. The third-order valence-corrected chi connectivity index (χ3v) is 4.27. The molecule has 0 saturated heterocycles. The number of nitrogens with one attached hydrogen (secondary N) is 2. The van der Waals surface area contributed by atoms with Crippen molar-refractivity contribution in [1.29, 1.82) is 5.26 Å². The summed E-state index contributed by atoms with van der Waals surface area (Å²) in [4.78, 5) is 8.35. The Labute approximate surface area is 180 Å². The number of benzene rings is 1. The number of allylic oxidation sites excluding steroid dienone is 5. The van der Waals surface area contributed by atoms with Gasteiger partial charge < -0.3 is 14.8 Å². The number of fused-ring (bicyclic) bond motifs is 2. The number of hydrogen-bond acceptors (Lipinski definition) is 7. The van der Waals surface area contributed by atoms with Crippen LogP contribution < -0.4 is 14.8 Å². The fourth-order valence-electron chi connectivity index (χ4n) is 2.79. The molecule has 0 radical (unpaired) electrons. The van der Waals surface area contributed by atoms with Crippen molar-refractivity contribution in [2.45, 2.75) is 19.9 Å². The fraction of sp³-hybridized carbons (Fsp3) is 0.217.